The normalized spacial score (nSPS) is 14.9. The molecule has 1 heterocycles. The van der Waals surface area contributed by atoms with Crippen molar-refractivity contribution in [2.24, 2.45) is 0 Å². The predicted molar refractivity (Wildman–Crippen MR) is 52.7 cm³/mol. The summed E-state index contributed by atoms with van der Waals surface area (Å²) in [6.45, 7) is 2.18. The summed E-state index contributed by atoms with van der Waals surface area (Å²) in [4.78, 5) is 13.1. The highest BCUT2D eigenvalue weighted by atomic mass is 31.2. The van der Waals surface area contributed by atoms with Crippen LogP contribution in [0.1, 0.15) is 13.3 Å². The van der Waals surface area contributed by atoms with Crippen molar-refractivity contribution in [2.45, 2.75) is 19.9 Å². The Morgan fingerprint density at radius 3 is 3.00 bits per heavy atom. The lowest BCUT2D eigenvalue weighted by atomic mass is 10.5. The maximum absolute atomic E-state index is 11.4. The Hall–Kier alpha value is -0.910. The van der Waals surface area contributed by atoms with Gasteiger partial charge in [-0.15, -0.1) is 0 Å². The highest BCUT2D eigenvalue weighted by molar-refractivity contribution is 7.53. The van der Waals surface area contributed by atoms with E-state index in [1.54, 1.807) is 0 Å². The second-order valence-electron chi connectivity index (χ2n) is 2.89. The fourth-order valence-electron chi connectivity index (χ4n) is 0.985. The summed E-state index contributed by atoms with van der Waals surface area (Å²) in [7, 11) is -3.72. The van der Waals surface area contributed by atoms with Crippen LogP contribution >= 0.6 is 7.60 Å². The number of hydrogen-bond donors (Lipinski definition) is 2. The zero-order chi connectivity index (χ0) is 11.3. The third kappa shape index (κ3) is 3.62. The molecule has 8 heteroatoms. The van der Waals surface area contributed by atoms with E-state index in [9.17, 15) is 9.46 Å². The summed E-state index contributed by atoms with van der Waals surface area (Å²) in [5, 5.41) is 12.3. The summed E-state index contributed by atoms with van der Waals surface area (Å²) >= 11 is 0. The van der Waals surface area contributed by atoms with Gasteiger partial charge >= 0.3 is 13.6 Å². The van der Waals surface area contributed by atoms with Gasteiger partial charge in [0.25, 0.3) is 0 Å². The summed E-state index contributed by atoms with van der Waals surface area (Å²) in [5.41, 5.74) is 0. The third-order valence-electron chi connectivity index (χ3n) is 1.70. The van der Waals surface area contributed by atoms with Crippen LogP contribution in [0.25, 0.3) is 0 Å². The minimum Gasteiger partial charge on any atom is -0.396 e. The number of rotatable bonds is 6. The molecule has 0 aromatic carbocycles. The molecule has 0 saturated heterocycles. The van der Waals surface area contributed by atoms with Crippen molar-refractivity contribution in [2.75, 3.05) is 12.8 Å². The van der Waals surface area contributed by atoms with Gasteiger partial charge in [0.2, 0.25) is 0 Å². The Bertz CT molecular complexity index is 354. The van der Waals surface area contributed by atoms with E-state index < -0.39 is 7.60 Å². The summed E-state index contributed by atoms with van der Waals surface area (Å²) in [6, 6.07) is 0.0290. The minimum absolute atomic E-state index is 0.0290. The van der Waals surface area contributed by atoms with Crippen LogP contribution in [0.5, 0.6) is 6.01 Å². The van der Waals surface area contributed by atoms with E-state index >= 15 is 0 Å². The number of nitrogens with zero attached hydrogens (tertiary/aromatic N) is 3. The first-order valence-corrected chi connectivity index (χ1v) is 6.35. The maximum atomic E-state index is 11.4. The van der Waals surface area contributed by atoms with Crippen LogP contribution in [-0.4, -0.2) is 37.5 Å². The fraction of sp³-hybridized carbons (Fsp3) is 0.714. The second kappa shape index (κ2) is 5.25. The van der Waals surface area contributed by atoms with E-state index in [2.05, 4.69) is 10.1 Å². The Morgan fingerprint density at radius 1 is 1.67 bits per heavy atom. The van der Waals surface area contributed by atoms with Gasteiger partial charge in [0.1, 0.15) is 6.33 Å². The molecule has 1 aromatic rings. The number of aromatic nitrogens is 3. The van der Waals surface area contributed by atoms with E-state index in [1.165, 1.54) is 11.0 Å². The first-order valence-electron chi connectivity index (χ1n) is 4.59. The molecule has 7 nitrogen and oxygen atoms in total. The minimum atomic E-state index is -3.72. The van der Waals surface area contributed by atoms with Gasteiger partial charge in [-0.3, -0.25) is 0 Å². The molecule has 0 aliphatic heterocycles. The fourth-order valence-corrected chi connectivity index (χ4v) is 2.01. The summed E-state index contributed by atoms with van der Waals surface area (Å²) in [5.74, 6) is 0. The molecule has 0 spiro atoms. The van der Waals surface area contributed by atoms with Gasteiger partial charge in [-0.05, 0) is 13.3 Å². The molecule has 0 radical (unpaired) electrons. The lowest BCUT2D eigenvalue weighted by Crippen LogP contribution is -2.05. The van der Waals surface area contributed by atoms with Crippen LogP contribution in [0, 0.1) is 0 Å². The van der Waals surface area contributed by atoms with Crippen molar-refractivity contribution < 1.29 is 19.1 Å². The lowest BCUT2D eigenvalue weighted by Gasteiger charge is -2.11. The highest BCUT2D eigenvalue weighted by Gasteiger charge is 2.22. The quantitative estimate of drug-likeness (QED) is 0.685. The number of aryl methyl sites for hydroxylation is 1. The van der Waals surface area contributed by atoms with Gasteiger partial charge < -0.3 is 14.5 Å². The van der Waals surface area contributed by atoms with Gasteiger partial charge in [-0.1, -0.05) is 0 Å². The average molecular weight is 235 g/mol. The van der Waals surface area contributed by atoms with Crippen LogP contribution in [0.15, 0.2) is 6.33 Å². The Labute approximate surface area is 87.2 Å². The van der Waals surface area contributed by atoms with Crippen LogP contribution in [-0.2, 0) is 11.1 Å². The molecule has 0 bridgehead atoms. The lowest BCUT2D eigenvalue weighted by molar-refractivity contribution is 0.288. The van der Waals surface area contributed by atoms with Gasteiger partial charge in [0.15, 0.2) is 0 Å². The predicted octanol–water partition coefficient (Wildman–Crippen LogP) is 0.245. The van der Waals surface area contributed by atoms with Crippen LogP contribution < -0.4 is 4.52 Å². The molecule has 15 heavy (non-hydrogen) atoms. The largest absolute Gasteiger partial charge is 0.396 e. The molecule has 0 amide bonds. The molecular weight excluding hydrogens is 221 g/mol. The first kappa shape index (κ1) is 12.2. The third-order valence-corrected chi connectivity index (χ3v) is 3.03. The second-order valence-corrected chi connectivity index (χ2v) is 4.79. The smallest absolute Gasteiger partial charge is 0.379 e. The van der Waals surface area contributed by atoms with Crippen molar-refractivity contribution in [3.05, 3.63) is 6.33 Å². The van der Waals surface area contributed by atoms with E-state index in [0.29, 0.717) is 6.54 Å². The molecule has 2 N–H and O–H groups in total. The zero-order valence-corrected chi connectivity index (χ0v) is 9.30. The Kier molecular flexibility index (Phi) is 4.26. The standard InChI is InChI=1S/C7H14N3O4P/c1-2-10-7(8-6-9-10)14-15(12,13)5-3-4-11/h6,11H,2-5H2,1H3,(H,12,13). The Morgan fingerprint density at radius 2 is 2.40 bits per heavy atom. The molecule has 1 atom stereocenters. The molecule has 0 saturated carbocycles. The molecular formula is C7H14N3O4P. The van der Waals surface area contributed by atoms with E-state index in [1.807, 2.05) is 6.92 Å². The number of hydrogen-bond acceptors (Lipinski definition) is 5. The van der Waals surface area contributed by atoms with Gasteiger partial charge in [-0.2, -0.15) is 10.1 Å². The SMILES string of the molecule is CCn1ncnc1OP(=O)(O)CCCO. The van der Waals surface area contributed by atoms with Crippen molar-refractivity contribution in [1.29, 1.82) is 0 Å². The Balaban J connectivity index is 2.64. The van der Waals surface area contributed by atoms with Crippen LogP contribution in [0.2, 0.25) is 0 Å². The topological polar surface area (TPSA) is 97.5 Å². The summed E-state index contributed by atoms with van der Waals surface area (Å²) in [6.07, 6.45) is 1.37. The number of aliphatic hydroxyl groups is 1. The van der Waals surface area contributed by atoms with Crippen molar-refractivity contribution in [3.63, 3.8) is 0 Å². The number of aliphatic hydroxyl groups excluding tert-OH is 1. The molecule has 0 aliphatic rings. The molecule has 1 rings (SSSR count). The van der Waals surface area contributed by atoms with E-state index in [4.69, 9.17) is 9.63 Å². The molecule has 1 aromatic heterocycles. The van der Waals surface area contributed by atoms with Crippen molar-refractivity contribution in [3.8, 4) is 6.01 Å². The van der Waals surface area contributed by atoms with Crippen LogP contribution in [0.3, 0.4) is 0 Å². The van der Waals surface area contributed by atoms with Crippen LogP contribution in [0.4, 0.5) is 0 Å². The van der Waals surface area contributed by atoms with Crippen molar-refractivity contribution >= 4 is 7.60 Å². The average Bonchev–Trinajstić information content (AvgIpc) is 2.61. The van der Waals surface area contributed by atoms with Crippen molar-refractivity contribution in [1.82, 2.24) is 14.8 Å². The molecule has 0 fully saturated rings. The van der Waals surface area contributed by atoms with E-state index in [-0.39, 0.29) is 25.2 Å². The molecule has 1 unspecified atom stereocenters. The summed E-state index contributed by atoms with van der Waals surface area (Å²) < 4.78 is 17.7. The van der Waals surface area contributed by atoms with Gasteiger partial charge in [0, 0.05) is 13.2 Å². The van der Waals surface area contributed by atoms with E-state index in [0.717, 1.165) is 0 Å². The van der Waals surface area contributed by atoms with Gasteiger partial charge in [0.05, 0.1) is 6.16 Å². The van der Waals surface area contributed by atoms with Gasteiger partial charge in [-0.25, -0.2) is 9.25 Å². The highest BCUT2D eigenvalue weighted by Crippen LogP contribution is 2.42. The first-order chi connectivity index (χ1) is 7.09. The molecule has 0 aliphatic carbocycles. The molecule has 86 valence electrons. The zero-order valence-electron chi connectivity index (χ0n) is 8.41. The maximum Gasteiger partial charge on any atom is 0.379 e. The monoisotopic (exact) mass is 235 g/mol.